The van der Waals surface area contributed by atoms with Gasteiger partial charge in [-0.05, 0) is 32.9 Å². The predicted molar refractivity (Wildman–Crippen MR) is 100 cm³/mol. The van der Waals surface area contributed by atoms with Gasteiger partial charge in [-0.25, -0.2) is 4.98 Å². The van der Waals surface area contributed by atoms with Crippen molar-refractivity contribution in [1.29, 1.82) is 0 Å². The zero-order valence-corrected chi connectivity index (χ0v) is 15.1. The van der Waals surface area contributed by atoms with Gasteiger partial charge in [-0.2, -0.15) is 0 Å². The third kappa shape index (κ3) is 4.03. The number of thiazole rings is 1. The highest BCUT2D eigenvalue weighted by Gasteiger charge is 2.13. The van der Waals surface area contributed by atoms with Crippen LogP contribution in [0, 0.1) is 6.92 Å². The summed E-state index contributed by atoms with van der Waals surface area (Å²) in [6, 6.07) is 9.98. The van der Waals surface area contributed by atoms with E-state index in [-0.39, 0.29) is 11.9 Å². The second kappa shape index (κ2) is 7.44. The van der Waals surface area contributed by atoms with Crippen LogP contribution < -0.4 is 5.32 Å². The Morgan fingerprint density at radius 2 is 2.00 bits per heavy atom. The van der Waals surface area contributed by atoms with E-state index in [4.69, 9.17) is 4.52 Å². The van der Waals surface area contributed by atoms with E-state index >= 15 is 0 Å². The molecule has 5 nitrogen and oxygen atoms in total. The van der Waals surface area contributed by atoms with E-state index in [0.717, 1.165) is 27.6 Å². The van der Waals surface area contributed by atoms with Gasteiger partial charge in [0, 0.05) is 17.2 Å². The topological polar surface area (TPSA) is 68.0 Å². The van der Waals surface area contributed by atoms with E-state index in [0.29, 0.717) is 4.88 Å². The Labute approximate surface area is 150 Å². The molecule has 0 spiro atoms. The van der Waals surface area contributed by atoms with Crippen LogP contribution in [0.3, 0.4) is 0 Å². The molecule has 128 valence electrons. The summed E-state index contributed by atoms with van der Waals surface area (Å²) in [6.07, 6.45) is 5.40. The van der Waals surface area contributed by atoms with Gasteiger partial charge in [0.1, 0.15) is 21.3 Å². The molecule has 0 unspecified atom stereocenters. The van der Waals surface area contributed by atoms with E-state index < -0.39 is 0 Å². The number of aryl methyl sites for hydroxylation is 1. The molecule has 0 saturated carbocycles. The Bertz CT molecular complexity index is 895. The molecule has 0 fully saturated rings. The highest BCUT2D eigenvalue weighted by atomic mass is 32.1. The monoisotopic (exact) mass is 353 g/mol. The average Bonchev–Trinajstić information content (AvgIpc) is 3.20. The summed E-state index contributed by atoms with van der Waals surface area (Å²) in [6.45, 7) is 5.74. The molecular formula is C19H19N3O2S. The van der Waals surface area contributed by atoms with Crippen LogP contribution in [0.25, 0.3) is 23.4 Å². The molecule has 0 saturated heterocycles. The highest BCUT2D eigenvalue weighted by Crippen LogP contribution is 2.27. The van der Waals surface area contributed by atoms with Gasteiger partial charge >= 0.3 is 0 Å². The average molecular weight is 353 g/mol. The summed E-state index contributed by atoms with van der Waals surface area (Å²) in [5, 5.41) is 7.78. The molecule has 2 heterocycles. The number of benzene rings is 1. The van der Waals surface area contributed by atoms with Crippen LogP contribution in [0.2, 0.25) is 0 Å². The van der Waals surface area contributed by atoms with Gasteiger partial charge in [0.2, 0.25) is 0 Å². The van der Waals surface area contributed by atoms with Crippen molar-refractivity contribution in [1.82, 2.24) is 15.5 Å². The fourth-order valence-electron chi connectivity index (χ4n) is 2.34. The van der Waals surface area contributed by atoms with E-state index in [1.165, 1.54) is 11.3 Å². The number of hydrogen-bond acceptors (Lipinski definition) is 5. The minimum absolute atomic E-state index is 0.0988. The van der Waals surface area contributed by atoms with Crippen molar-refractivity contribution < 1.29 is 9.32 Å². The van der Waals surface area contributed by atoms with Gasteiger partial charge in [0.15, 0.2) is 0 Å². The van der Waals surface area contributed by atoms with Crippen LogP contribution >= 0.6 is 11.3 Å². The number of rotatable bonds is 5. The van der Waals surface area contributed by atoms with Crippen molar-refractivity contribution in [3.8, 4) is 11.3 Å². The Balaban J connectivity index is 1.83. The van der Waals surface area contributed by atoms with Gasteiger partial charge in [0.05, 0.1) is 6.20 Å². The van der Waals surface area contributed by atoms with E-state index in [9.17, 15) is 4.79 Å². The first-order valence-corrected chi connectivity index (χ1v) is 8.82. The molecule has 25 heavy (non-hydrogen) atoms. The summed E-state index contributed by atoms with van der Waals surface area (Å²) >= 11 is 1.35. The molecule has 1 amide bonds. The third-order valence-corrected chi connectivity index (χ3v) is 4.48. The first-order chi connectivity index (χ1) is 12.0. The molecular weight excluding hydrogens is 334 g/mol. The van der Waals surface area contributed by atoms with Gasteiger partial charge in [-0.3, -0.25) is 4.79 Å². The lowest BCUT2D eigenvalue weighted by molar-refractivity contribution is 0.0947. The molecule has 0 radical (unpaired) electrons. The zero-order valence-electron chi connectivity index (χ0n) is 14.3. The summed E-state index contributed by atoms with van der Waals surface area (Å²) in [4.78, 5) is 16.9. The quantitative estimate of drug-likeness (QED) is 0.737. The standard InChI is InChI=1S/C19H19N3O2S/c1-12(2)21-19(23)16-11-20-17(25-16)10-9-15-13(3)24-22-18(15)14-7-5-4-6-8-14/h4-12H,1-3H3,(H,21,23)/b10-9+. The summed E-state index contributed by atoms with van der Waals surface area (Å²) in [5.41, 5.74) is 2.70. The first kappa shape index (κ1) is 17.1. The van der Waals surface area contributed by atoms with Crippen molar-refractivity contribution in [2.45, 2.75) is 26.8 Å². The fraction of sp³-hybridized carbons (Fsp3) is 0.211. The lowest BCUT2D eigenvalue weighted by Crippen LogP contribution is -2.29. The van der Waals surface area contributed by atoms with Gasteiger partial charge in [0.25, 0.3) is 5.91 Å². The van der Waals surface area contributed by atoms with E-state index in [1.807, 2.05) is 63.3 Å². The number of carbonyl (C=O) groups excluding carboxylic acids is 1. The van der Waals surface area contributed by atoms with Crippen molar-refractivity contribution >= 4 is 29.4 Å². The largest absolute Gasteiger partial charge is 0.360 e. The lowest BCUT2D eigenvalue weighted by atomic mass is 10.1. The van der Waals surface area contributed by atoms with Crippen molar-refractivity contribution in [2.75, 3.05) is 0 Å². The molecule has 1 N–H and O–H groups in total. The molecule has 0 bridgehead atoms. The molecule has 6 heteroatoms. The Morgan fingerprint density at radius 3 is 2.72 bits per heavy atom. The van der Waals surface area contributed by atoms with Crippen LogP contribution in [0.1, 0.15) is 39.9 Å². The molecule has 0 aliphatic heterocycles. The minimum atomic E-state index is -0.0988. The molecule has 1 aromatic carbocycles. The van der Waals surface area contributed by atoms with Crippen LogP contribution in [0.5, 0.6) is 0 Å². The van der Waals surface area contributed by atoms with Crippen LogP contribution in [-0.2, 0) is 0 Å². The number of hydrogen-bond donors (Lipinski definition) is 1. The van der Waals surface area contributed by atoms with E-state index in [2.05, 4.69) is 15.5 Å². The van der Waals surface area contributed by atoms with Crippen LogP contribution in [-0.4, -0.2) is 22.1 Å². The molecule has 3 rings (SSSR count). The Hall–Kier alpha value is -2.73. The van der Waals surface area contributed by atoms with Crippen molar-refractivity contribution in [2.24, 2.45) is 0 Å². The maximum absolute atomic E-state index is 12.0. The molecule has 3 aromatic rings. The number of carbonyl (C=O) groups is 1. The smallest absolute Gasteiger partial charge is 0.263 e. The third-order valence-electron chi connectivity index (χ3n) is 3.52. The Morgan fingerprint density at radius 1 is 1.24 bits per heavy atom. The number of nitrogens with one attached hydrogen (secondary N) is 1. The van der Waals surface area contributed by atoms with Crippen molar-refractivity contribution in [3.63, 3.8) is 0 Å². The van der Waals surface area contributed by atoms with Crippen molar-refractivity contribution in [3.05, 3.63) is 57.7 Å². The highest BCUT2D eigenvalue weighted by molar-refractivity contribution is 7.14. The number of aromatic nitrogens is 2. The van der Waals surface area contributed by atoms with Crippen LogP contribution in [0.4, 0.5) is 0 Å². The number of amides is 1. The summed E-state index contributed by atoms with van der Waals surface area (Å²) in [5.74, 6) is 0.641. The first-order valence-electron chi connectivity index (χ1n) is 8.01. The maximum atomic E-state index is 12.0. The second-order valence-corrected chi connectivity index (χ2v) is 6.95. The maximum Gasteiger partial charge on any atom is 0.263 e. The summed E-state index contributed by atoms with van der Waals surface area (Å²) < 4.78 is 5.34. The summed E-state index contributed by atoms with van der Waals surface area (Å²) in [7, 11) is 0. The molecule has 0 atom stereocenters. The fourth-order valence-corrected chi connectivity index (χ4v) is 3.06. The minimum Gasteiger partial charge on any atom is -0.360 e. The second-order valence-electron chi connectivity index (χ2n) is 5.89. The Kier molecular flexibility index (Phi) is 5.09. The zero-order chi connectivity index (χ0) is 17.8. The van der Waals surface area contributed by atoms with E-state index in [1.54, 1.807) is 6.20 Å². The SMILES string of the molecule is Cc1onc(-c2ccccc2)c1/C=C/c1ncc(C(=O)NC(C)C)s1. The van der Waals surface area contributed by atoms with Crippen LogP contribution in [0.15, 0.2) is 41.1 Å². The number of nitrogens with zero attached hydrogens (tertiary/aromatic N) is 2. The lowest BCUT2D eigenvalue weighted by Gasteiger charge is -2.05. The molecule has 0 aliphatic rings. The normalized spacial score (nSPS) is 11.4. The van der Waals surface area contributed by atoms with Gasteiger partial charge in [-0.15, -0.1) is 11.3 Å². The van der Waals surface area contributed by atoms with Gasteiger partial charge < -0.3 is 9.84 Å². The predicted octanol–water partition coefficient (Wildman–Crippen LogP) is 4.42. The molecule has 0 aliphatic carbocycles. The van der Waals surface area contributed by atoms with Gasteiger partial charge in [-0.1, -0.05) is 35.5 Å². The molecule has 2 aromatic heterocycles.